The fourth-order valence-electron chi connectivity index (χ4n) is 2.47. The highest BCUT2D eigenvalue weighted by molar-refractivity contribution is 7.91. The van der Waals surface area contributed by atoms with E-state index in [1.165, 1.54) is 0 Å². The van der Waals surface area contributed by atoms with Gasteiger partial charge in [0.25, 0.3) is 0 Å². The number of nitrogens with zero attached hydrogens (tertiary/aromatic N) is 3. The number of hydrogen-bond acceptors (Lipinski definition) is 6. The minimum Gasteiger partial charge on any atom is -0.370 e. The number of hydrogen-bond donors (Lipinski definition) is 1. The van der Waals surface area contributed by atoms with Crippen LogP contribution in [0.15, 0.2) is 6.33 Å². The molecule has 2 heterocycles. The molecule has 0 amide bonds. The molecule has 1 saturated heterocycles. The first-order valence-electron chi connectivity index (χ1n) is 7.10. The van der Waals surface area contributed by atoms with Gasteiger partial charge < -0.3 is 10.2 Å². The lowest BCUT2D eigenvalue weighted by molar-refractivity contribution is 0.597. The predicted molar refractivity (Wildman–Crippen MR) is 81.1 cm³/mol. The molecule has 112 valence electrons. The van der Waals surface area contributed by atoms with Gasteiger partial charge >= 0.3 is 0 Å². The van der Waals surface area contributed by atoms with E-state index in [-0.39, 0.29) is 11.5 Å². The van der Waals surface area contributed by atoms with Crippen molar-refractivity contribution >= 4 is 21.5 Å². The molecule has 2 rings (SSSR count). The van der Waals surface area contributed by atoms with Crippen LogP contribution in [-0.4, -0.2) is 49.5 Å². The summed E-state index contributed by atoms with van der Waals surface area (Å²) < 4.78 is 23.4. The summed E-state index contributed by atoms with van der Waals surface area (Å²) in [6, 6.07) is 0. The summed E-state index contributed by atoms with van der Waals surface area (Å²) in [6.45, 7) is 6.14. The van der Waals surface area contributed by atoms with Crippen molar-refractivity contribution in [2.45, 2.75) is 26.7 Å². The molecule has 1 aliphatic rings. The lowest BCUT2D eigenvalue weighted by Gasteiger charge is -2.24. The van der Waals surface area contributed by atoms with Crippen LogP contribution in [-0.2, 0) is 16.3 Å². The Morgan fingerprint density at radius 2 is 2.05 bits per heavy atom. The lowest BCUT2D eigenvalue weighted by atomic mass is 10.2. The van der Waals surface area contributed by atoms with Crippen molar-refractivity contribution in [3.63, 3.8) is 0 Å². The molecule has 0 spiro atoms. The summed E-state index contributed by atoms with van der Waals surface area (Å²) in [5.74, 6) is 2.20. The van der Waals surface area contributed by atoms with Gasteiger partial charge in [-0.1, -0.05) is 6.92 Å². The Hall–Kier alpha value is -1.37. The Balaban J connectivity index is 2.29. The lowest BCUT2D eigenvalue weighted by Crippen LogP contribution is -2.29. The molecular formula is C13H22N4O2S. The Kier molecular flexibility index (Phi) is 4.80. The van der Waals surface area contributed by atoms with Crippen LogP contribution in [0.5, 0.6) is 0 Å². The fourth-order valence-corrected chi connectivity index (χ4v) is 3.74. The van der Waals surface area contributed by atoms with E-state index in [0.29, 0.717) is 13.0 Å². The van der Waals surface area contributed by atoms with Crippen LogP contribution in [0.1, 0.15) is 25.8 Å². The topological polar surface area (TPSA) is 75.2 Å². The maximum Gasteiger partial charge on any atom is 0.152 e. The van der Waals surface area contributed by atoms with Gasteiger partial charge in [-0.15, -0.1) is 0 Å². The molecule has 7 heteroatoms. The van der Waals surface area contributed by atoms with Gasteiger partial charge in [0.05, 0.1) is 11.5 Å². The molecule has 0 atom stereocenters. The highest BCUT2D eigenvalue weighted by Gasteiger charge is 2.22. The molecule has 1 N–H and O–H groups in total. The second-order valence-corrected chi connectivity index (χ2v) is 7.20. The highest BCUT2D eigenvalue weighted by atomic mass is 32.2. The summed E-state index contributed by atoms with van der Waals surface area (Å²) in [6.07, 6.45) is 3.03. The average molecular weight is 298 g/mol. The van der Waals surface area contributed by atoms with Gasteiger partial charge in [-0.05, 0) is 19.8 Å². The standard InChI is InChI=1S/C13H22N4O2S/c1-3-11-12(14-4-2)15-10-16-13(11)17-6-5-8-20(18,19)9-7-17/h10H,3-9H2,1-2H3,(H,14,15,16). The van der Waals surface area contributed by atoms with Crippen molar-refractivity contribution < 1.29 is 8.42 Å². The number of sulfone groups is 1. The molecule has 1 fully saturated rings. The summed E-state index contributed by atoms with van der Waals surface area (Å²) in [4.78, 5) is 10.7. The van der Waals surface area contributed by atoms with Crippen molar-refractivity contribution in [3.05, 3.63) is 11.9 Å². The molecule has 0 aliphatic carbocycles. The fraction of sp³-hybridized carbons (Fsp3) is 0.692. The monoisotopic (exact) mass is 298 g/mol. The zero-order valence-electron chi connectivity index (χ0n) is 12.1. The molecule has 1 aromatic heterocycles. The van der Waals surface area contributed by atoms with Crippen LogP contribution in [0.25, 0.3) is 0 Å². The largest absolute Gasteiger partial charge is 0.370 e. The van der Waals surface area contributed by atoms with Gasteiger partial charge in [-0.25, -0.2) is 18.4 Å². The third kappa shape index (κ3) is 3.39. The van der Waals surface area contributed by atoms with Crippen LogP contribution < -0.4 is 10.2 Å². The van der Waals surface area contributed by atoms with E-state index in [1.807, 2.05) is 6.92 Å². The Morgan fingerprint density at radius 3 is 2.75 bits per heavy atom. The molecule has 0 aromatic carbocycles. The van der Waals surface area contributed by atoms with Crippen LogP contribution in [0.4, 0.5) is 11.6 Å². The maximum atomic E-state index is 11.7. The quantitative estimate of drug-likeness (QED) is 0.897. The summed E-state index contributed by atoms with van der Waals surface area (Å²) >= 11 is 0. The third-order valence-electron chi connectivity index (χ3n) is 3.48. The van der Waals surface area contributed by atoms with E-state index in [9.17, 15) is 8.42 Å². The van der Waals surface area contributed by atoms with Gasteiger partial charge in [0.2, 0.25) is 0 Å². The van der Waals surface area contributed by atoms with E-state index < -0.39 is 9.84 Å². The van der Waals surface area contributed by atoms with Crippen molar-refractivity contribution in [2.75, 3.05) is 41.4 Å². The van der Waals surface area contributed by atoms with Crippen LogP contribution in [0.2, 0.25) is 0 Å². The van der Waals surface area contributed by atoms with Crippen LogP contribution >= 0.6 is 0 Å². The van der Waals surface area contributed by atoms with Crippen molar-refractivity contribution in [2.24, 2.45) is 0 Å². The third-order valence-corrected chi connectivity index (χ3v) is 5.19. The number of nitrogens with one attached hydrogen (secondary N) is 1. The summed E-state index contributed by atoms with van der Waals surface area (Å²) in [5, 5.41) is 3.24. The van der Waals surface area contributed by atoms with E-state index in [4.69, 9.17) is 0 Å². The molecule has 0 radical (unpaired) electrons. The Morgan fingerprint density at radius 1 is 1.25 bits per heavy atom. The van der Waals surface area contributed by atoms with Gasteiger partial charge in [0.15, 0.2) is 9.84 Å². The molecule has 0 unspecified atom stereocenters. The average Bonchev–Trinajstić information content (AvgIpc) is 2.60. The second kappa shape index (κ2) is 6.39. The first kappa shape index (κ1) is 15.0. The molecule has 1 aromatic rings. The first-order valence-corrected chi connectivity index (χ1v) is 8.92. The molecular weight excluding hydrogens is 276 g/mol. The summed E-state index contributed by atoms with van der Waals surface area (Å²) in [5.41, 5.74) is 1.06. The summed E-state index contributed by atoms with van der Waals surface area (Å²) in [7, 11) is -2.90. The van der Waals surface area contributed by atoms with Crippen molar-refractivity contribution in [3.8, 4) is 0 Å². The van der Waals surface area contributed by atoms with Gasteiger partial charge in [-0.3, -0.25) is 0 Å². The number of rotatable bonds is 4. The zero-order valence-corrected chi connectivity index (χ0v) is 12.9. The van der Waals surface area contributed by atoms with Crippen molar-refractivity contribution in [1.29, 1.82) is 0 Å². The molecule has 20 heavy (non-hydrogen) atoms. The van der Waals surface area contributed by atoms with E-state index in [0.717, 1.165) is 36.7 Å². The smallest absolute Gasteiger partial charge is 0.152 e. The molecule has 0 saturated carbocycles. The van der Waals surface area contributed by atoms with E-state index >= 15 is 0 Å². The molecule has 0 bridgehead atoms. The van der Waals surface area contributed by atoms with E-state index in [2.05, 4.69) is 27.1 Å². The van der Waals surface area contributed by atoms with Gasteiger partial charge in [-0.2, -0.15) is 0 Å². The SMILES string of the molecule is CCNc1ncnc(N2CCCS(=O)(=O)CC2)c1CC. The second-order valence-electron chi connectivity index (χ2n) is 4.90. The molecule has 6 nitrogen and oxygen atoms in total. The predicted octanol–water partition coefficient (Wildman–Crippen LogP) is 1.10. The highest BCUT2D eigenvalue weighted by Crippen LogP contribution is 2.25. The zero-order chi connectivity index (χ0) is 14.6. The van der Waals surface area contributed by atoms with Gasteiger partial charge in [0, 0.05) is 25.2 Å². The maximum absolute atomic E-state index is 11.7. The normalized spacial score (nSPS) is 18.6. The first-order chi connectivity index (χ1) is 9.57. The van der Waals surface area contributed by atoms with Crippen LogP contribution in [0.3, 0.4) is 0 Å². The van der Waals surface area contributed by atoms with E-state index in [1.54, 1.807) is 6.33 Å². The Labute approximate surface area is 120 Å². The Bertz CT molecular complexity index is 559. The number of anilines is 2. The van der Waals surface area contributed by atoms with Gasteiger partial charge in [0.1, 0.15) is 18.0 Å². The number of aromatic nitrogens is 2. The van der Waals surface area contributed by atoms with Crippen LogP contribution in [0, 0.1) is 0 Å². The minimum atomic E-state index is -2.90. The van der Waals surface area contributed by atoms with Crippen molar-refractivity contribution in [1.82, 2.24) is 9.97 Å². The molecule has 1 aliphatic heterocycles. The minimum absolute atomic E-state index is 0.205.